The van der Waals surface area contributed by atoms with Crippen molar-refractivity contribution in [2.45, 2.75) is 46.0 Å². The Morgan fingerprint density at radius 2 is 2.11 bits per heavy atom. The standard InChI is InChI=1S/C14H27N3.HI/c1-14(2)8-10-17(11-14)13(15-3)16-9-4-5-12-6-7-12;/h12H,4-11H2,1-3H3,(H,15,16);1H. The molecule has 2 fully saturated rings. The van der Waals surface area contributed by atoms with Crippen LogP contribution < -0.4 is 5.32 Å². The Hall–Kier alpha value is 0. The molecular formula is C14H28IN3. The van der Waals surface area contributed by atoms with Crippen molar-refractivity contribution in [3.05, 3.63) is 0 Å². The monoisotopic (exact) mass is 365 g/mol. The van der Waals surface area contributed by atoms with E-state index in [2.05, 4.69) is 29.1 Å². The zero-order chi connectivity index (χ0) is 12.3. The van der Waals surface area contributed by atoms with Crippen LogP contribution in [0.4, 0.5) is 0 Å². The number of halogens is 1. The fourth-order valence-electron chi connectivity index (χ4n) is 2.62. The molecule has 0 aromatic heterocycles. The summed E-state index contributed by atoms with van der Waals surface area (Å²) in [6, 6.07) is 0. The lowest BCUT2D eigenvalue weighted by atomic mass is 9.93. The molecule has 0 spiro atoms. The molecule has 18 heavy (non-hydrogen) atoms. The third kappa shape index (κ3) is 4.94. The molecule has 1 saturated carbocycles. The maximum atomic E-state index is 4.40. The Kier molecular flexibility index (Phi) is 6.21. The quantitative estimate of drug-likeness (QED) is 0.359. The van der Waals surface area contributed by atoms with E-state index in [1.54, 1.807) is 0 Å². The van der Waals surface area contributed by atoms with E-state index in [9.17, 15) is 0 Å². The van der Waals surface area contributed by atoms with Crippen LogP contribution in [0.1, 0.15) is 46.0 Å². The summed E-state index contributed by atoms with van der Waals surface area (Å²) < 4.78 is 0. The lowest BCUT2D eigenvalue weighted by Crippen LogP contribution is -2.41. The van der Waals surface area contributed by atoms with E-state index >= 15 is 0 Å². The normalized spacial score (nSPS) is 22.8. The molecule has 0 amide bonds. The number of likely N-dealkylation sites (tertiary alicyclic amines) is 1. The number of nitrogens with zero attached hydrogens (tertiary/aromatic N) is 2. The highest BCUT2D eigenvalue weighted by atomic mass is 127. The van der Waals surface area contributed by atoms with Gasteiger partial charge < -0.3 is 10.2 Å². The third-order valence-electron chi connectivity index (χ3n) is 3.96. The van der Waals surface area contributed by atoms with Gasteiger partial charge >= 0.3 is 0 Å². The summed E-state index contributed by atoms with van der Waals surface area (Å²) in [6.45, 7) is 8.05. The van der Waals surface area contributed by atoms with Crippen molar-refractivity contribution >= 4 is 29.9 Å². The molecule has 2 rings (SSSR count). The molecule has 0 bridgehead atoms. The molecule has 0 aromatic carbocycles. The predicted octanol–water partition coefficient (Wildman–Crippen LogP) is 3.10. The topological polar surface area (TPSA) is 27.6 Å². The van der Waals surface area contributed by atoms with E-state index < -0.39 is 0 Å². The summed E-state index contributed by atoms with van der Waals surface area (Å²) in [6.07, 6.45) is 6.90. The van der Waals surface area contributed by atoms with Gasteiger partial charge in [-0.1, -0.05) is 26.7 Å². The minimum atomic E-state index is 0. The molecule has 2 aliphatic rings. The maximum Gasteiger partial charge on any atom is 0.193 e. The average molecular weight is 365 g/mol. The summed E-state index contributed by atoms with van der Waals surface area (Å²) in [4.78, 5) is 6.80. The molecule has 3 nitrogen and oxygen atoms in total. The van der Waals surface area contributed by atoms with Gasteiger partial charge in [0.25, 0.3) is 0 Å². The molecule has 0 atom stereocenters. The number of hydrogen-bond donors (Lipinski definition) is 1. The van der Waals surface area contributed by atoms with Crippen LogP contribution in [0.5, 0.6) is 0 Å². The van der Waals surface area contributed by atoms with Gasteiger partial charge in [-0.2, -0.15) is 0 Å². The first-order chi connectivity index (χ1) is 8.11. The van der Waals surface area contributed by atoms with Crippen LogP contribution in [0, 0.1) is 11.3 Å². The molecule has 1 aliphatic heterocycles. The highest BCUT2D eigenvalue weighted by Crippen LogP contribution is 2.33. The lowest BCUT2D eigenvalue weighted by Gasteiger charge is -2.23. The Balaban J connectivity index is 0.00000162. The largest absolute Gasteiger partial charge is 0.356 e. The molecule has 0 radical (unpaired) electrons. The van der Waals surface area contributed by atoms with E-state index in [0.29, 0.717) is 5.41 Å². The Bertz CT molecular complexity index is 285. The first kappa shape index (κ1) is 16.1. The Morgan fingerprint density at radius 3 is 2.61 bits per heavy atom. The Labute approximate surface area is 129 Å². The predicted molar refractivity (Wildman–Crippen MR) is 88.7 cm³/mol. The number of hydrogen-bond acceptors (Lipinski definition) is 1. The van der Waals surface area contributed by atoms with E-state index in [4.69, 9.17) is 0 Å². The van der Waals surface area contributed by atoms with Crippen molar-refractivity contribution in [1.82, 2.24) is 10.2 Å². The van der Waals surface area contributed by atoms with E-state index in [1.165, 1.54) is 32.1 Å². The van der Waals surface area contributed by atoms with Crippen LogP contribution in [0.25, 0.3) is 0 Å². The molecule has 4 heteroatoms. The summed E-state index contributed by atoms with van der Waals surface area (Å²) in [7, 11) is 1.90. The molecule has 106 valence electrons. The zero-order valence-electron chi connectivity index (χ0n) is 12.0. The maximum absolute atomic E-state index is 4.40. The van der Waals surface area contributed by atoms with Crippen molar-refractivity contribution in [1.29, 1.82) is 0 Å². The molecule has 1 N–H and O–H groups in total. The second-order valence-electron chi connectivity index (χ2n) is 6.40. The van der Waals surface area contributed by atoms with Crippen LogP contribution in [0.3, 0.4) is 0 Å². The smallest absolute Gasteiger partial charge is 0.193 e. The first-order valence-corrected chi connectivity index (χ1v) is 7.06. The number of nitrogens with one attached hydrogen (secondary N) is 1. The van der Waals surface area contributed by atoms with Crippen molar-refractivity contribution in [3.63, 3.8) is 0 Å². The Morgan fingerprint density at radius 1 is 1.39 bits per heavy atom. The zero-order valence-corrected chi connectivity index (χ0v) is 14.4. The fourth-order valence-corrected chi connectivity index (χ4v) is 2.62. The highest BCUT2D eigenvalue weighted by Gasteiger charge is 2.30. The fraction of sp³-hybridized carbons (Fsp3) is 0.929. The number of guanidine groups is 1. The first-order valence-electron chi connectivity index (χ1n) is 7.06. The van der Waals surface area contributed by atoms with Crippen molar-refractivity contribution < 1.29 is 0 Å². The minimum Gasteiger partial charge on any atom is -0.356 e. The van der Waals surface area contributed by atoms with Crippen molar-refractivity contribution in [2.24, 2.45) is 16.3 Å². The van der Waals surface area contributed by atoms with Gasteiger partial charge in [-0.25, -0.2) is 0 Å². The number of rotatable bonds is 4. The van der Waals surface area contributed by atoms with Crippen LogP contribution >= 0.6 is 24.0 Å². The van der Waals surface area contributed by atoms with Crippen LogP contribution in [0.2, 0.25) is 0 Å². The van der Waals surface area contributed by atoms with Crippen LogP contribution in [-0.2, 0) is 0 Å². The van der Waals surface area contributed by atoms with Gasteiger partial charge in [-0.05, 0) is 30.6 Å². The van der Waals surface area contributed by atoms with Gasteiger partial charge in [0.15, 0.2) is 5.96 Å². The van der Waals surface area contributed by atoms with Gasteiger partial charge in [0, 0.05) is 26.7 Å². The molecule has 1 saturated heterocycles. The highest BCUT2D eigenvalue weighted by molar-refractivity contribution is 14.0. The lowest BCUT2D eigenvalue weighted by molar-refractivity contribution is 0.370. The van der Waals surface area contributed by atoms with Gasteiger partial charge in [0.1, 0.15) is 0 Å². The van der Waals surface area contributed by atoms with E-state index in [1.807, 2.05) is 7.05 Å². The van der Waals surface area contributed by atoms with Crippen LogP contribution in [0.15, 0.2) is 4.99 Å². The molecule has 1 heterocycles. The van der Waals surface area contributed by atoms with Crippen molar-refractivity contribution in [3.8, 4) is 0 Å². The van der Waals surface area contributed by atoms with E-state index in [-0.39, 0.29) is 24.0 Å². The van der Waals surface area contributed by atoms with Crippen LogP contribution in [-0.4, -0.2) is 37.5 Å². The minimum absolute atomic E-state index is 0. The molecule has 0 unspecified atom stereocenters. The van der Waals surface area contributed by atoms with Gasteiger partial charge in [-0.3, -0.25) is 4.99 Å². The molecular weight excluding hydrogens is 337 g/mol. The summed E-state index contributed by atoms with van der Waals surface area (Å²) in [5.74, 6) is 2.15. The van der Waals surface area contributed by atoms with Gasteiger partial charge in [0.2, 0.25) is 0 Å². The SMILES string of the molecule is CN=C(NCCCC1CC1)N1CCC(C)(C)C1.I. The van der Waals surface area contributed by atoms with E-state index in [0.717, 1.165) is 31.5 Å². The van der Waals surface area contributed by atoms with Gasteiger partial charge in [-0.15, -0.1) is 24.0 Å². The van der Waals surface area contributed by atoms with Crippen molar-refractivity contribution in [2.75, 3.05) is 26.7 Å². The second-order valence-corrected chi connectivity index (χ2v) is 6.40. The summed E-state index contributed by atoms with van der Waals surface area (Å²) in [5, 5.41) is 3.51. The molecule has 1 aliphatic carbocycles. The second kappa shape index (κ2) is 6.96. The summed E-state index contributed by atoms with van der Waals surface area (Å²) in [5.41, 5.74) is 0.450. The third-order valence-corrected chi connectivity index (χ3v) is 3.96. The van der Waals surface area contributed by atoms with Gasteiger partial charge in [0.05, 0.1) is 0 Å². The molecule has 0 aromatic rings. The summed E-state index contributed by atoms with van der Waals surface area (Å²) >= 11 is 0. The number of aliphatic imine (C=N–C) groups is 1. The average Bonchev–Trinajstić information content (AvgIpc) is 3.03.